The zero-order valence-electron chi connectivity index (χ0n) is 16.7. The van der Waals surface area contributed by atoms with Crippen molar-refractivity contribution in [3.63, 3.8) is 0 Å². The number of halogens is 1. The summed E-state index contributed by atoms with van der Waals surface area (Å²) in [6, 6.07) is 14.5. The first-order valence-corrected chi connectivity index (χ1v) is 9.79. The van der Waals surface area contributed by atoms with E-state index in [1.807, 2.05) is 24.3 Å². The van der Waals surface area contributed by atoms with E-state index in [2.05, 4.69) is 24.3 Å². The van der Waals surface area contributed by atoms with Crippen molar-refractivity contribution in [3.8, 4) is 11.5 Å². The summed E-state index contributed by atoms with van der Waals surface area (Å²) in [5.41, 5.74) is 1.45. The van der Waals surface area contributed by atoms with Gasteiger partial charge in [-0.1, -0.05) is 30.7 Å². The van der Waals surface area contributed by atoms with Crippen LogP contribution in [-0.2, 0) is 6.61 Å². The van der Waals surface area contributed by atoms with Gasteiger partial charge in [0.1, 0.15) is 12.4 Å². The Balaban J connectivity index is 1.71. The number of anilines is 1. The van der Waals surface area contributed by atoms with Gasteiger partial charge in [0.2, 0.25) is 0 Å². The Morgan fingerprint density at radius 2 is 1.93 bits per heavy atom. The molecule has 7 heteroatoms. The summed E-state index contributed by atoms with van der Waals surface area (Å²) < 4.78 is 13.1. The van der Waals surface area contributed by atoms with Gasteiger partial charge in [0.05, 0.1) is 19.3 Å². The Morgan fingerprint density at radius 1 is 1.17 bits per heavy atom. The number of rotatable bonds is 8. The number of benzene rings is 2. The minimum Gasteiger partial charge on any atom is -0.493 e. The van der Waals surface area contributed by atoms with E-state index < -0.39 is 0 Å². The maximum atomic E-state index is 12.7. The summed E-state index contributed by atoms with van der Waals surface area (Å²) in [6.07, 6.45) is 2.59. The predicted molar refractivity (Wildman–Crippen MR) is 114 cm³/mol. The summed E-state index contributed by atoms with van der Waals surface area (Å²) in [4.78, 5) is 12.7. The fraction of sp³-hybridized carbons (Fsp3) is 0.273. The van der Waals surface area contributed by atoms with Crippen LogP contribution in [0.5, 0.6) is 11.5 Å². The van der Waals surface area contributed by atoms with Crippen molar-refractivity contribution in [1.29, 1.82) is 0 Å². The van der Waals surface area contributed by atoms with Crippen LogP contribution in [0.4, 0.5) is 5.82 Å². The molecule has 3 rings (SSSR count). The van der Waals surface area contributed by atoms with Crippen LogP contribution < -0.4 is 14.8 Å². The number of hydrogen-bond donors (Lipinski definition) is 1. The molecule has 0 saturated carbocycles. The SMILES string of the molecule is CCC(C)n1nccc1NC(=O)c1ccc(OCc2ccc(Cl)cc2)c(OC)c1. The van der Waals surface area contributed by atoms with Gasteiger partial charge < -0.3 is 14.8 Å². The van der Waals surface area contributed by atoms with E-state index in [1.165, 1.54) is 0 Å². The van der Waals surface area contributed by atoms with Crippen LogP contribution in [0, 0.1) is 0 Å². The lowest BCUT2D eigenvalue weighted by atomic mass is 10.2. The minimum atomic E-state index is -0.238. The Bertz CT molecular complexity index is 970. The van der Waals surface area contributed by atoms with E-state index in [4.69, 9.17) is 21.1 Å². The fourth-order valence-electron chi connectivity index (χ4n) is 2.80. The number of carbonyl (C=O) groups is 1. The molecule has 152 valence electrons. The molecule has 0 fully saturated rings. The van der Waals surface area contributed by atoms with Crippen LogP contribution in [-0.4, -0.2) is 22.8 Å². The second-order valence-electron chi connectivity index (χ2n) is 6.65. The van der Waals surface area contributed by atoms with Crippen molar-refractivity contribution in [2.45, 2.75) is 32.9 Å². The molecule has 1 amide bonds. The van der Waals surface area contributed by atoms with Crippen molar-refractivity contribution < 1.29 is 14.3 Å². The van der Waals surface area contributed by atoms with Gasteiger partial charge in [0.15, 0.2) is 11.5 Å². The van der Waals surface area contributed by atoms with Crippen LogP contribution in [0.15, 0.2) is 54.7 Å². The third-order valence-electron chi connectivity index (χ3n) is 4.65. The molecular formula is C22H24ClN3O3. The van der Waals surface area contributed by atoms with E-state index in [-0.39, 0.29) is 11.9 Å². The first kappa shape index (κ1) is 20.7. The lowest BCUT2D eigenvalue weighted by molar-refractivity contribution is 0.102. The van der Waals surface area contributed by atoms with Gasteiger partial charge in [-0.15, -0.1) is 0 Å². The topological polar surface area (TPSA) is 65.4 Å². The fourth-order valence-corrected chi connectivity index (χ4v) is 2.92. The average Bonchev–Trinajstić information content (AvgIpc) is 3.20. The molecule has 0 bridgehead atoms. The Labute approximate surface area is 175 Å². The standard InChI is InChI=1S/C22H24ClN3O3/c1-4-15(2)26-21(11-12-24-26)25-22(27)17-7-10-19(20(13-17)28-3)29-14-16-5-8-18(23)9-6-16/h5-13,15H,4,14H2,1-3H3,(H,25,27). The summed E-state index contributed by atoms with van der Waals surface area (Å²) in [5.74, 6) is 1.47. The third kappa shape index (κ3) is 5.09. The number of aromatic nitrogens is 2. The van der Waals surface area contributed by atoms with Gasteiger partial charge in [0, 0.05) is 16.7 Å². The molecule has 2 aromatic carbocycles. The van der Waals surface area contributed by atoms with Crippen molar-refractivity contribution >= 4 is 23.3 Å². The van der Waals surface area contributed by atoms with Gasteiger partial charge in [-0.05, 0) is 49.2 Å². The number of nitrogens with one attached hydrogen (secondary N) is 1. The largest absolute Gasteiger partial charge is 0.493 e. The van der Waals surface area contributed by atoms with Gasteiger partial charge >= 0.3 is 0 Å². The smallest absolute Gasteiger partial charge is 0.256 e. The molecule has 1 atom stereocenters. The minimum absolute atomic E-state index is 0.193. The van der Waals surface area contributed by atoms with Crippen LogP contribution in [0.3, 0.4) is 0 Å². The zero-order chi connectivity index (χ0) is 20.8. The molecule has 0 aliphatic heterocycles. The number of methoxy groups -OCH3 is 1. The summed E-state index contributed by atoms with van der Waals surface area (Å²) >= 11 is 5.91. The first-order chi connectivity index (χ1) is 14.0. The van der Waals surface area contributed by atoms with E-state index in [9.17, 15) is 4.79 Å². The predicted octanol–water partition coefficient (Wildman–Crippen LogP) is 5.35. The second-order valence-corrected chi connectivity index (χ2v) is 7.09. The molecule has 0 spiro atoms. The Morgan fingerprint density at radius 3 is 2.62 bits per heavy atom. The summed E-state index contributed by atoms with van der Waals surface area (Å²) in [5, 5.41) is 7.87. The highest BCUT2D eigenvalue weighted by Gasteiger charge is 2.15. The maximum Gasteiger partial charge on any atom is 0.256 e. The van der Waals surface area contributed by atoms with E-state index in [0.29, 0.717) is 34.5 Å². The third-order valence-corrected chi connectivity index (χ3v) is 4.91. The molecule has 0 aliphatic rings. The quantitative estimate of drug-likeness (QED) is 0.540. The van der Waals surface area contributed by atoms with Crippen LogP contribution in [0.1, 0.15) is 42.2 Å². The normalized spacial score (nSPS) is 11.7. The molecule has 0 aliphatic carbocycles. The van der Waals surface area contributed by atoms with Crippen molar-refractivity contribution in [2.24, 2.45) is 0 Å². The zero-order valence-corrected chi connectivity index (χ0v) is 17.4. The van der Waals surface area contributed by atoms with Crippen LogP contribution in [0.25, 0.3) is 0 Å². The Hall–Kier alpha value is -2.99. The monoisotopic (exact) mass is 413 g/mol. The molecule has 1 unspecified atom stereocenters. The van der Waals surface area contributed by atoms with Crippen molar-refractivity contribution in [1.82, 2.24) is 9.78 Å². The van der Waals surface area contributed by atoms with Crippen LogP contribution in [0.2, 0.25) is 5.02 Å². The number of hydrogen-bond acceptors (Lipinski definition) is 4. The molecule has 0 saturated heterocycles. The lowest BCUT2D eigenvalue weighted by Crippen LogP contribution is -2.17. The lowest BCUT2D eigenvalue weighted by Gasteiger charge is -2.15. The van der Waals surface area contributed by atoms with Gasteiger partial charge in [-0.2, -0.15) is 5.10 Å². The van der Waals surface area contributed by atoms with Crippen LogP contribution >= 0.6 is 11.6 Å². The molecule has 29 heavy (non-hydrogen) atoms. The first-order valence-electron chi connectivity index (χ1n) is 9.42. The van der Waals surface area contributed by atoms with Gasteiger partial charge in [0.25, 0.3) is 5.91 Å². The molecule has 1 heterocycles. The average molecular weight is 414 g/mol. The number of carbonyl (C=O) groups excluding carboxylic acids is 1. The maximum absolute atomic E-state index is 12.7. The Kier molecular flexibility index (Phi) is 6.77. The van der Waals surface area contributed by atoms with E-state index in [0.717, 1.165) is 12.0 Å². The summed E-state index contributed by atoms with van der Waals surface area (Å²) in [6.45, 7) is 4.50. The molecule has 0 radical (unpaired) electrons. The second kappa shape index (κ2) is 9.47. The molecule has 6 nitrogen and oxygen atoms in total. The number of amides is 1. The molecule has 1 N–H and O–H groups in total. The van der Waals surface area contributed by atoms with Gasteiger partial charge in [-0.25, -0.2) is 4.68 Å². The highest BCUT2D eigenvalue weighted by molar-refractivity contribution is 6.30. The summed E-state index contributed by atoms with van der Waals surface area (Å²) in [7, 11) is 1.55. The van der Waals surface area contributed by atoms with E-state index >= 15 is 0 Å². The van der Waals surface area contributed by atoms with Gasteiger partial charge in [-0.3, -0.25) is 4.79 Å². The van der Waals surface area contributed by atoms with Crippen molar-refractivity contribution in [2.75, 3.05) is 12.4 Å². The molecular weight excluding hydrogens is 390 g/mol. The highest BCUT2D eigenvalue weighted by atomic mass is 35.5. The molecule has 3 aromatic rings. The van der Waals surface area contributed by atoms with E-state index in [1.54, 1.807) is 42.3 Å². The molecule has 1 aromatic heterocycles. The van der Waals surface area contributed by atoms with Crippen molar-refractivity contribution in [3.05, 3.63) is 70.9 Å². The highest BCUT2D eigenvalue weighted by Crippen LogP contribution is 2.29. The number of nitrogens with zero attached hydrogens (tertiary/aromatic N) is 2. The number of ether oxygens (including phenoxy) is 2.